The molecule has 1 aromatic carbocycles. The summed E-state index contributed by atoms with van der Waals surface area (Å²) < 4.78 is 80.8. The standard InChI is InChI=1S/C14H9F6NO2/c15-13(16,17)8-4-9(14(18,19)20)6-10(5-8)23-7-12(22)11-2-1-3-21-11/h1-6,21H,7H2. The maximum Gasteiger partial charge on any atom is 0.416 e. The molecule has 2 rings (SSSR count). The summed E-state index contributed by atoms with van der Waals surface area (Å²) in [7, 11) is 0. The second-order valence-electron chi connectivity index (χ2n) is 4.54. The number of hydrogen-bond donors (Lipinski definition) is 1. The van der Waals surface area contributed by atoms with Crippen molar-refractivity contribution in [3.63, 3.8) is 0 Å². The highest BCUT2D eigenvalue weighted by Gasteiger charge is 2.37. The van der Waals surface area contributed by atoms with E-state index in [1.165, 1.54) is 18.3 Å². The van der Waals surface area contributed by atoms with Crippen molar-refractivity contribution >= 4 is 5.78 Å². The Balaban J connectivity index is 2.25. The molecule has 1 N–H and O–H groups in total. The number of halogens is 6. The van der Waals surface area contributed by atoms with E-state index in [4.69, 9.17) is 4.74 Å². The summed E-state index contributed by atoms with van der Waals surface area (Å²) in [5.74, 6) is -1.30. The number of carbonyl (C=O) groups is 1. The lowest BCUT2D eigenvalue weighted by Crippen LogP contribution is -2.14. The molecule has 3 nitrogen and oxygen atoms in total. The Kier molecular flexibility index (Phi) is 4.39. The Morgan fingerprint density at radius 2 is 1.57 bits per heavy atom. The summed E-state index contributed by atoms with van der Waals surface area (Å²) >= 11 is 0. The average Bonchev–Trinajstić information content (AvgIpc) is 2.96. The lowest BCUT2D eigenvalue weighted by atomic mass is 10.1. The summed E-state index contributed by atoms with van der Waals surface area (Å²) in [6.07, 6.45) is -8.50. The van der Waals surface area contributed by atoms with Gasteiger partial charge in [-0.1, -0.05) is 0 Å². The quantitative estimate of drug-likeness (QED) is 0.667. The van der Waals surface area contributed by atoms with Crippen molar-refractivity contribution in [1.29, 1.82) is 0 Å². The summed E-state index contributed by atoms with van der Waals surface area (Å²) in [5.41, 5.74) is -2.88. The van der Waals surface area contributed by atoms with Gasteiger partial charge in [-0.2, -0.15) is 26.3 Å². The van der Waals surface area contributed by atoms with Crippen molar-refractivity contribution in [3.05, 3.63) is 53.3 Å². The van der Waals surface area contributed by atoms with Crippen molar-refractivity contribution in [2.24, 2.45) is 0 Å². The number of Topliss-reactive ketones (excluding diaryl/α,β-unsaturated/α-hetero) is 1. The molecule has 0 fully saturated rings. The fraction of sp³-hybridized carbons (Fsp3) is 0.214. The molecule has 0 unspecified atom stereocenters. The molecule has 1 aromatic heterocycles. The third-order valence-corrected chi connectivity index (χ3v) is 2.83. The van der Waals surface area contributed by atoms with Crippen LogP contribution in [-0.4, -0.2) is 17.4 Å². The lowest BCUT2D eigenvalue weighted by Gasteiger charge is -2.14. The smallest absolute Gasteiger partial charge is 0.416 e. The number of H-pyrrole nitrogens is 1. The summed E-state index contributed by atoms with van der Waals surface area (Å²) in [4.78, 5) is 14.2. The van der Waals surface area contributed by atoms with Crippen molar-refractivity contribution in [2.75, 3.05) is 6.61 Å². The van der Waals surface area contributed by atoms with Crippen LogP contribution in [0, 0.1) is 0 Å². The van der Waals surface area contributed by atoms with E-state index >= 15 is 0 Å². The molecule has 0 radical (unpaired) electrons. The maximum atomic E-state index is 12.7. The number of hydrogen-bond acceptors (Lipinski definition) is 2. The van der Waals surface area contributed by atoms with Gasteiger partial charge in [-0.05, 0) is 30.3 Å². The van der Waals surface area contributed by atoms with Gasteiger partial charge < -0.3 is 9.72 Å². The first-order valence-electron chi connectivity index (χ1n) is 6.16. The first kappa shape index (κ1) is 16.9. The Morgan fingerprint density at radius 3 is 2.00 bits per heavy atom. The van der Waals surface area contributed by atoms with Gasteiger partial charge in [0.05, 0.1) is 16.8 Å². The first-order chi connectivity index (χ1) is 10.6. The molecule has 0 aliphatic heterocycles. The molecule has 23 heavy (non-hydrogen) atoms. The number of ketones is 1. The van der Waals surface area contributed by atoms with Crippen LogP contribution >= 0.6 is 0 Å². The van der Waals surface area contributed by atoms with Crippen molar-refractivity contribution < 1.29 is 35.9 Å². The Labute approximate surface area is 125 Å². The summed E-state index contributed by atoms with van der Waals surface area (Å²) in [5, 5.41) is 0. The summed E-state index contributed by atoms with van der Waals surface area (Å²) in [6.45, 7) is -0.695. The minimum Gasteiger partial charge on any atom is -0.485 e. The molecule has 0 spiro atoms. The van der Waals surface area contributed by atoms with Crippen LogP contribution in [0.2, 0.25) is 0 Å². The number of benzene rings is 1. The van der Waals surface area contributed by atoms with E-state index in [9.17, 15) is 31.1 Å². The third kappa shape index (κ3) is 4.27. The third-order valence-electron chi connectivity index (χ3n) is 2.83. The van der Waals surface area contributed by atoms with Crippen molar-refractivity contribution in [3.8, 4) is 5.75 Å². The van der Waals surface area contributed by atoms with E-state index in [-0.39, 0.29) is 11.8 Å². The number of ether oxygens (including phenoxy) is 1. The fourth-order valence-corrected chi connectivity index (χ4v) is 1.74. The van der Waals surface area contributed by atoms with Gasteiger partial charge in [0.1, 0.15) is 5.75 Å². The van der Waals surface area contributed by atoms with Crippen LogP contribution in [0.5, 0.6) is 5.75 Å². The largest absolute Gasteiger partial charge is 0.485 e. The molecule has 2 aromatic rings. The van der Waals surface area contributed by atoms with Crippen LogP contribution in [0.1, 0.15) is 21.6 Å². The topological polar surface area (TPSA) is 42.1 Å². The molecule has 0 bridgehead atoms. The van der Waals surface area contributed by atoms with Crippen molar-refractivity contribution in [1.82, 2.24) is 4.98 Å². The van der Waals surface area contributed by atoms with Gasteiger partial charge in [0.25, 0.3) is 0 Å². The zero-order valence-electron chi connectivity index (χ0n) is 11.3. The van der Waals surface area contributed by atoms with Crippen LogP contribution in [0.4, 0.5) is 26.3 Å². The van der Waals surface area contributed by atoms with E-state index < -0.39 is 41.6 Å². The number of carbonyl (C=O) groups excluding carboxylic acids is 1. The molecular weight excluding hydrogens is 328 g/mol. The van der Waals surface area contributed by atoms with E-state index in [0.29, 0.717) is 12.1 Å². The van der Waals surface area contributed by atoms with E-state index in [1.54, 1.807) is 0 Å². The molecule has 9 heteroatoms. The predicted octanol–water partition coefficient (Wildman–Crippen LogP) is 4.31. The van der Waals surface area contributed by atoms with Gasteiger partial charge in [-0.25, -0.2) is 0 Å². The fourth-order valence-electron chi connectivity index (χ4n) is 1.74. The molecule has 0 atom stereocenters. The van der Waals surface area contributed by atoms with Gasteiger partial charge in [-0.15, -0.1) is 0 Å². The lowest BCUT2D eigenvalue weighted by molar-refractivity contribution is -0.143. The molecule has 0 saturated heterocycles. The number of aromatic nitrogens is 1. The molecule has 0 amide bonds. The zero-order chi connectivity index (χ0) is 17.3. The van der Waals surface area contributed by atoms with Gasteiger partial charge in [-0.3, -0.25) is 4.79 Å². The molecule has 124 valence electrons. The predicted molar refractivity (Wildman–Crippen MR) is 67.1 cm³/mol. The van der Waals surface area contributed by atoms with Crippen molar-refractivity contribution in [2.45, 2.75) is 12.4 Å². The molecule has 0 saturated carbocycles. The number of alkyl halides is 6. The number of nitrogens with one attached hydrogen (secondary N) is 1. The van der Waals surface area contributed by atoms with Gasteiger partial charge in [0.15, 0.2) is 6.61 Å². The second-order valence-corrected chi connectivity index (χ2v) is 4.54. The molecule has 0 aliphatic carbocycles. The van der Waals surface area contributed by atoms with Gasteiger partial charge >= 0.3 is 12.4 Å². The highest BCUT2D eigenvalue weighted by atomic mass is 19.4. The summed E-state index contributed by atoms with van der Waals surface area (Å²) in [6, 6.07) is 3.73. The van der Waals surface area contributed by atoms with Crippen LogP contribution in [0.25, 0.3) is 0 Å². The number of rotatable bonds is 4. The second kappa shape index (κ2) is 5.98. The van der Waals surface area contributed by atoms with E-state index in [1.807, 2.05) is 0 Å². The Bertz CT molecular complexity index is 656. The minimum absolute atomic E-state index is 0.0142. The Hall–Kier alpha value is -2.45. The highest BCUT2D eigenvalue weighted by Crippen LogP contribution is 2.38. The number of aromatic amines is 1. The average molecular weight is 337 g/mol. The van der Waals surface area contributed by atoms with Crippen LogP contribution in [0.3, 0.4) is 0 Å². The monoisotopic (exact) mass is 337 g/mol. The highest BCUT2D eigenvalue weighted by molar-refractivity contribution is 5.95. The Morgan fingerprint density at radius 1 is 1.00 bits per heavy atom. The SMILES string of the molecule is O=C(COc1cc(C(F)(F)F)cc(C(F)(F)F)c1)c1ccc[nH]1. The van der Waals surface area contributed by atoms with E-state index in [0.717, 1.165) is 0 Å². The minimum atomic E-state index is -4.97. The molecule has 0 aliphatic rings. The van der Waals surface area contributed by atoms with E-state index in [2.05, 4.69) is 4.98 Å². The molecular formula is C14H9F6NO2. The molecule has 1 heterocycles. The van der Waals surface area contributed by atoms with Gasteiger partial charge in [0.2, 0.25) is 5.78 Å². The van der Waals surface area contributed by atoms with Gasteiger partial charge in [0, 0.05) is 6.20 Å². The normalized spacial score (nSPS) is 12.3. The maximum absolute atomic E-state index is 12.7. The van der Waals surface area contributed by atoms with Crippen LogP contribution < -0.4 is 4.74 Å². The first-order valence-corrected chi connectivity index (χ1v) is 6.16. The van der Waals surface area contributed by atoms with Crippen LogP contribution in [0.15, 0.2) is 36.5 Å². The zero-order valence-corrected chi connectivity index (χ0v) is 11.3. The van der Waals surface area contributed by atoms with Crippen LogP contribution in [-0.2, 0) is 12.4 Å².